The molecule has 0 atom stereocenters. The molecule has 0 bridgehead atoms. The Morgan fingerprint density at radius 1 is 1.09 bits per heavy atom. The van der Waals surface area contributed by atoms with Crippen molar-refractivity contribution in [3.63, 3.8) is 0 Å². The van der Waals surface area contributed by atoms with E-state index in [1.165, 1.54) is 11.3 Å². The minimum Gasteiger partial charge on any atom is -0.508 e. The molecule has 0 unspecified atom stereocenters. The highest BCUT2D eigenvalue weighted by Gasteiger charge is 2.07. The van der Waals surface area contributed by atoms with Gasteiger partial charge in [-0.25, -0.2) is 9.78 Å². The fraction of sp³-hybridized carbons (Fsp3) is 0.0588. The number of aromatic nitrogens is 1. The first-order chi connectivity index (χ1) is 11.1. The molecule has 3 aromatic rings. The molecule has 23 heavy (non-hydrogen) atoms. The summed E-state index contributed by atoms with van der Waals surface area (Å²) in [5.74, 6) is -0.688. The van der Waals surface area contributed by atoms with E-state index >= 15 is 0 Å². The van der Waals surface area contributed by atoms with Gasteiger partial charge < -0.3 is 15.5 Å². The highest BCUT2D eigenvalue weighted by molar-refractivity contribution is 7.18. The van der Waals surface area contributed by atoms with Crippen LogP contribution in [0.15, 0.2) is 54.7 Å². The number of hydrogen-bond donors (Lipinski definition) is 3. The van der Waals surface area contributed by atoms with Crippen molar-refractivity contribution < 1.29 is 15.0 Å². The Morgan fingerprint density at radius 3 is 2.43 bits per heavy atom. The van der Waals surface area contributed by atoms with Crippen molar-refractivity contribution in [1.82, 2.24) is 4.98 Å². The summed E-state index contributed by atoms with van der Waals surface area (Å²) in [5, 5.41) is 22.2. The van der Waals surface area contributed by atoms with Crippen LogP contribution < -0.4 is 5.32 Å². The average Bonchev–Trinajstić information content (AvgIpc) is 3.03. The second-order valence-corrected chi connectivity index (χ2v) is 5.96. The normalized spacial score (nSPS) is 10.4. The van der Waals surface area contributed by atoms with Crippen LogP contribution in [0.1, 0.15) is 15.9 Å². The molecule has 5 nitrogen and oxygen atoms in total. The van der Waals surface area contributed by atoms with Crippen LogP contribution in [-0.4, -0.2) is 21.2 Å². The van der Waals surface area contributed by atoms with E-state index in [1.807, 2.05) is 12.1 Å². The zero-order valence-electron chi connectivity index (χ0n) is 12.1. The standard InChI is InChI=1S/C17H14N2O3S/c20-14-7-1-11(2-8-14)9-18-17-19-10-15(23-17)12-3-5-13(6-4-12)16(21)22/h1-8,10,20H,9H2,(H,18,19)(H,21,22). The molecule has 116 valence electrons. The van der Waals surface area contributed by atoms with E-state index in [4.69, 9.17) is 5.11 Å². The number of aromatic carboxylic acids is 1. The molecule has 2 aromatic carbocycles. The summed E-state index contributed by atoms with van der Waals surface area (Å²) in [6.45, 7) is 0.616. The molecule has 0 aliphatic heterocycles. The van der Waals surface area contributed by atoms with E-state index in [1.54, 1.807) is 42.6 Å². The van der Waals surface area contributed by atoms with Gasteiger partial charge in [-0.15, -0.1) is 0 Å². The Hall–Kier alpha value is -2.86. The molecule has 1 heterocycles. The summed E-state index contributed by atoms with van der Waals surface area (Å²) in [5.41, 5.74) is 2.25. The maximum Gasteiger partial charge on any atom is 0.335 e. The number of phenolic OH excluding ortho intramolecular Hbond substituents is 1. The molecule has 0 saturated heterocycles. The minimum absolute atomic E-state index is 0.245. The molecule has 1 aromatic heterocycles. The van der Waals surface area contributed by atoms with E-state index in [0.717, 1.165) is 21.1 Å². The summed E-state index contributed by atoms with van der Waals surface area (Å²) >= 11 is 1.50. The fourth-order valence-corrected chi connectivity index (χ4v) is 2.88. The summed E-state index contributed by atoms with van der Waals surface area (Å²) in [4.78, 5) is 16.2. The Balaban J connectivity index is 1.67. The van der Waals surface area contributed by atoms with Crippen LogP contribution in [-0.2, 0) is 6.54 Å². The molecule has 3 rings (SSSR count). The SMILES string of the molecule is O=C(O)c1ccc(-c2cnc(NCc3ccc(O)cc3)s2)cc1. The maximum atomic E-state index is 10.9. The quantitative estimate of drug-likeness (QED) is 0.664. The molecule has 0 radical (unpaired) electrons. The predicted molar refractivity (Wildman–Crippen MR) is 89.9 cm³/mol. The summed E-state index contributed by atoms with van der Waals surface area (Å²) in [6.07, 6.45) is 1.76. The largest absolute Gasteiger partial charge is 0.508 e. The zero-order chi connectivity index (χ0) is 16.2. The van der Waals surface area contributed by atoms with Gasteiger partial charge in [-0.05, 0) is 35.4 Å². The van der Waals surface area contributed by atoms with Gasteiger partial charge >= 0.3 is 5.97 Å². The van der Waals surface area contributed by atoms with Gasteiger partial charge in [-0.3, -0.25) is 0 Å². The van der Waals surface area contributed by atoms with Gasteiger partial charge in [0.25, 0.3) is 0 Å². The topological polar surface area (TPSA) is 82.5 Å². The number of nitrogens with zero attached hydrogens (tertiary/aromatic N) is 1. The van der Waals surface area contributed by atoms with Crippen LogP contribution in [0.4, 0.5) is 5.13 Å². The van der Waals surface area contributed by atoms with Gasteiger partial charge in [0.05, 0.1) is 10.4 Å². The third-order valence-corrected chi connectivity index (χ3v) is 4.31. The highest BCUT2D eigenvalue weighted by atomic mass is 32.1. The smallest absolute Gasteiger partial charge is 0.335 e. The van der Waals surface area contributed by atoms with Crippen LogP contribution in [0.2, 0.25) is 0 Å². The van der Waals surface area contributed by atoms with Gasteiger partial charge in [0.1, 0.15) is 5.75 Å². The molecule has 0 fully saturated rings. The van der Waals surface area contributed by atoms with Gasteiger partial charge in [-0.2, -0.15) is 0 Å². The molecule has 0 amide bonds. The molecular weight excluding hydrogens is 312 g/mol. The van der Waals surface area contributed by atoms with Gasteiger partial charge in [0.15, 0.2) is 5.13 Å². The lowest BCUT2D eigenvalue weighted by Gasteiger charge is -2.02. The van der Waals surface area contributed by atoms with Crippen molar-refractivity contribution in [2.45, 2.75) is 6.54 Å². The van der Waals surface area contributed by atoms with Crippen LogP contribution in [0.3, 0.4) is 0 Å². The number of aromatic hydroxyl groups is 1. The molecule has 0 aliphatic rings. The van der Waals surface area contributed by atoms with E-state index < -0.39 is 5.97 Å². The fourth-order valence-electron chi connectivity index (χ4n) is 2.06. The summed E-state index contributed by atoms with van der Waals surface area (Å²) < 4.78 is 0. The second kappa shape index (κ2) is 6.50. The molecule has 0 spiro atoms. The number of nitrogens with one attached hydrogen (secondary N) is 1. The van der Waals surface area contributed by atoms with E-state index in [-0.39, 0.29) is 11.3 Å². The lowest BCUT2D eigenvalue weighted by molar-refractivity contribution is 0.0697. The van der Waals surface area contributed by atoms with Gasteiger partial charge in [0, 0.05) is 12.7 Å². The molecule has 6 heteroatoms. The third-order valence-electron chi connectivity index (χ3n) is 3.30. The Labute approximate surface area is 136 Å². The van der Waals surface area contributed by atoms with Crippen molar-refractivity contribution in [3.05, 3.63) is 65.9 Å². The summed E-state index contributed by atoms with van der Waals surface area (Å²) in [6, 6.07) is 13.7. The number of carboxylic acid groups (broad SMARTS) is 1. The highest BCUT2D eigenvalue weighted by Crippen LogP contribution is 2.29. The molecule has 0 aliphatic carbocycles. The number of thiazole rings is 1. The number of benzene rings is 2. The Bertz CT molecular complexity index is 811. The van der Waals surface area contributed by atoms with Crippen molar-refractivity contribution >= 4 is 22.4 Å². The van der Waals surface area contributed by atoms with E-state index in [2.05, 4.69) is 10.3 Å². The number of carboxylic acids is 1. The lowest BCUT2D eigenvalue weighted by atomic mass is 10.1. The molecule has 0 saturated carbocycles. The van der Waals surface area contributed by atoms with Gasteiger partial charge in [-0.1, -0.05) is 35.6 Å². The van der Waals surface area contributed by atoms with E-state index in [0.29, 0.717) is 6.54 Å². The first-order valence-corrected chi connectivity index (χ1v) is 7.75. The predicted octanol–water partition coefficient (Wildman–Crippen LogP) is 3.83. The van der Waals surface area contributed by atoms with Crippen molar-refractivity contribution in [1.29, 1.82) is 0 Å². The van der Waals surface area contributed by atoms with Crippen LogP contribution in [0.25, 0.3) is 10.4 Å². The lowest BCUT2D eigenvalue weighted by Crippen LogP contribution is -1.97. The van der Waals surface area contributed by atoms with Crippen LogP contribution in [0, 0.1) is 0 Å². The van der Waals surface area contributed by atoms with Crippen LogP contribution in [0.5, 0.6) is 5.75 Å². The summed E-state index contributed by atoms with van der Waals surface area (Å²) in [7, 11) is 0. The molecular formula is C17H14N2O3S. The van der Waals surface area contributed by atoms with Crippen LogP contribution >= 0.6 is 11.3 Å². The van der Waals surface area contributed by atoms with E-state index in [9.17, 15) is 9.90 Å². The number of carbonyl (C=O) groups is 1. The van der Waals surface area contributed by atoms with Crippen molar-refractivity contribution in [2.24, 2.45) is 0 Å². The number of hydrogen-bond acceptors (Lipinski definition) is 5. The van der Waals surface area contributed by atoms with Crippen molar-refractivity contribution in [3.8, 4) is 16.2 Å². The molecule has 3 N–H and O–H groups in total. The number of phenols is 1. The minimum atomic E-state index is -0.933. The maximum absolute atomic E-state index is 10.9. The number of rotatable bonds is 5. The second-order valence-electron chi connectivity index (χ2n) is 4.93. The average molecular weight is 326 g/mol. The first-order valence-electron chi connectivity index (χ1n) is 6.93. The first kappa shape index (κ1) is 15.1. The number of anilines is 1. The van der Waals surface area contributed by atoms with Crippen molar-refractivity contribution in [2.75, 3.05) is 5.32 Å². The van der Waals surface area contributed by atoms with Gasteiger partial charge in [0.2, 0.25) is 0 Å². The third kappa shape index (κ3) is 3.67. The zero-order valence-corrected chi connectivity index (χ0v) is 12.9. The Kier molecular flexibility index (Phi) is 4.25. The Morgan fingerprint density at radius 2 is 1.78 bits per heavy atom. The monoisotopic (exact) mass is 326 g/mol.